The Labute approximate surface area is 247 Å². The molecule has 3 aromatic rings. The van der Waals surface area contributed by atoms with Crippen molar-refractivity contribution >= 4 is 50.7 Å². The molecule has 0 aromatic heterocycles. The van der Waals surface area contributed by atoms with Crippen LogP contribution >= 0.6 is 23.2 Å². The summed E-state index contributed by atoms with van der Waals surface area (Å²) < 4.78 is 28.8. The summed E-state index contributed by atoms with van der Waals surface area (Å²) in [4.78, 5) is 28.4. The number of sulfonamides is 1. The molecule has 3 rings (SSSR count). The van der Waals surface area contributed by atoms with Crippen LogP contribution in [0.3, 0.4) is 0 Å². The summed E-state index contributed by atoms with van der Waals surface area (Å²) in [5.41, 5.74) is 1.82. The van der Waals surface area contributed by atoms with Gasteiger partial charge in [-0.3, -0.25) is 13.9 Å². The average Bonchev–Trinajstić information content (AvgIpc) is 2.91. The second-order valence-corrected chi connectivity index (χ2v) is 12.8. The summed E-state index contributed by atoms with van der Waals surface area (Å²) in [5, 5.41) is 3.49. The first kappa shape index (κ1) is 31.5. The molecule has 1 N–H and O–H groups in total. The molecule has 7 nitrogen and oxygen atoms in total. The lowest BCUT2D eigenvalue weighted by molar-refractivity contribution is -0.139. The normalized spacial score (nSPS) is 12.3. The highest BCUT2D eigenvalue weighted by Gasteiger charge is 2.33. The molecule has 214 valence electrons. The minimum absolute atomic E-state index is 0.0435. The van der Waals surface area contributed by atoms with Crippen molar-refractivity contribution in [2.45, 2.75) is 64.1 Å². The summed E-state index contributed by atoms with van der Waals surface area (Å²) in [7, 11) is -4.14. The molecule has 10 heteroatoms. The van der Waals surface area contributed by atoms with Gasteiger partial charge < -0.3 is 10.2 Å². The van der Waals surface area contributed by atoms with Crippen molar-refractivity contribution in [2.75, 3.05) is 10.8 Å². The highest BCUT2D eigenvalue weighted by Crippen LogP contribution is 2.29. The van der Waals surface area contributed by atoms with E-state index in [-0.39, 0.29) is 29.3 Å². The van der Waals surface area contributed by atoms with Gasteiger partial charge in [-0.2, -0.15) is 0 Å². The van der Waals surface area contributed by atoms with Gasteiger partial charge in [0.15, 0.2) is 0 Å². The zero-order valence-corrected chi connectivity index (χ0v) is 25.6. The Morgan fingerprint density at radius 2 is 1.40 bits per heavy atom. The van der Waals surface area contributed by atoms with E-state index in [4.69, 9.17) is 23.2 Å². The number of rotatable bonds is 11. The molecule has 0 radical (unpaired) electrons. The van der Waals surface area contributed by atoms with Gasteiger partial charge in [-0.25, -0.2) is 8.42 Å². The van der Waals surface area contributed by atoms with E-state index in [1.807, 2.05) is 39.8 Å². The largest absolute Gasteiger partial charge is 0.352 e. The fourth-order valence-electron chi connectivity index (χ4n) is 4.12. The Hall–Kier alpha value is -3.07. The highest BCUT2D eigenvalue weighted by atomic mass is 35.5. The number of hydrogen-bond donors (Lipinski definition) is 1. The number of anilines is 1. The molecular formula is C30H35Cl2N3O4S. The van der Waals surface area contributed by atoms with Crippen LogP contribution in [0.25, 0.3) is 0 Å². The van der Waals surface area contributed by atoms with Crippen LogP contribution in [0.2, 0.25) is 10.0 Å². The van der Waals surface area contributed by atoms with E-state index in [0.29, 0.717) is 21.3 Å². The number of nitrogens with one attached hydrogen (secondary N) is 1. The van der Waals surface area contributed by atoms with Crippen molar-refractivity contribution in [3.8, 4) is 0 Å². The summed E-state index contributed by atoms with van der Waals surface area (Å²) in [6.45, 7) is 8.67. The Morgan fingerprint density at radius 3 is 1.93 bits per heavy atom. The van der Waals surface area contributed by atoms with Crippen LogP contribution in [0, 0.1) is 0 Å². The molecule has 3 aromatic carbocycles. The predicted molar refractivity (Wildman–Crippen MR) is 161 cm³/mol. The van der Waals surface area contributed by atoms with E-state index in [0.717, 1.165) is 9.87 Å². The summed E-state index contributed by atoms with van der Waals surface area (Å²) in [6, 6.07) is 18.9. The minimum atomic E-state index is -4.14. The molecule has 2 amide bonds. The number of carbonyl (C=O) groups excluding carboxylic acids is 2. The van der Waals surface area contributed by atoms with E-state index in [2.05, 4.69) is 5.32 Å². The van der Waals surface area contributed by atoms with Gasteiger partial charge >= 0.3 is 0 Å². The quantitative estimate of drug-likeness (QED) is 0.280. The lowest BCUT2D eigenvalue weighted by atomic mass is 10.0. The Kier molecular flexibility index (Phi) is 10.6. The van der Waals surface area contributed by atoms with E-state index in [1.54, 1.807) is 55.5 Å². The van der Waals surface area contributed by atoms with E-state index in [9.17, 15) is 18.0 Å². The highest BCUT2D eigenvalue weighted by molar-refractivity contribution is 7.92. The van der Waals surface area contributed by atoms with Crippen molar-refractivity contribution in [1.82, 2.24) is 10.2 Å². The fraction of sp³-hybridized carbons (Fsp3) is 0.333. The van der Waals surface area contributed by atoms with Crippen molar-refractivity contribution < 1.29 is 18.0 Å². The maximum absolute atomic E-state index is 14.0. The molecule has 0 saturated heterocycles. The van der Waals surface area contributed by atoms with Crippen molar-refractivity contribution in [2.24, 2.45) is 0 Å². The third kappa shape index (κ3) is 7.56. The van der Waals surface area contributed by atoms with Gasteiger partial charge in [-0.1, -0.05) is 73.4 Å². The lowest BCUT2D eigenvalue weighted by Gasteiger charge is -2.32. The lowest BCUT2D eigenvalue weighted by Crippen LogP contribution is -2.52. The number of amides is 2. The molecule has 0 heterocycles. The molecule has 0 aliphatic heterocycles. The van der Waals surface area contributed by atoms with Crippen LogP contribution in [0.1, 0.15) is 51.7 Å². The maximum atomic E-state index is 14.0. The number of carbonyl (C=O) groups is 2. The van der Waals surface area contributed by atoms with Crippen LogP contribution in [-0.2, 0) is 26.2 Å². The molecule has 0 unspecified atom stereocenters. The predicted octanol–water partition coefficient (Wildman–Crippen LogP) is 6.25. The van der Waals surface area contributed by atoms with Crippen LogP contribution in [-0.4, -0.2) is 43.8 Å². The zero-order valence-electron chi connectivity index (χ0n) is 23.3. The van der Waals surface area contributed by atoms with E-state index in [1.165, 1.54) is 17.0 Å². The van der Waals surface area contributed by atoms with Gasteiger partial charge in [0.2, 0.25) is 11.8 Å². The Morgan fingerprint density at radius 1 is 0.825 bits per heavy atom. The van der Waals surface area contributed by atoms with Gasteiger partial charge in [-0.15, -0.1) is 0 Å². The SMILES string of the molecule is CC(C)NC(=O)[C@H](C)N(Cc1c(Cl)cccc1Cl)C(=O)CN(c1ccc(C(C)C)cc1)S(=O)(=O)c1ccccc1. The van der Waals surface area contributed by atoms with E-state index < -0.39 is 28.5 Å². The van der Waals surface area contributed by atoms with Crippen LogP contribution < -0.4 is 9.62 Å². The monoisotopic (exact) mass is 603 g/mol. The number of nitrogens with zero attached hydrogens (tertiary/aromatic N) is 2. The second kappa shape index (κ2) is 13.5. The maximum Gasteiger partial charge on any atom is 0.264 e. The molecule has 0 fully saturated rings. The molecule has 1 atom stereocenters. The molecule has 0 aliphatic rings. The van der Waals surface area contributed by atoms with E-state index >= 15 is 0 Å². The first-order valence-electron chi connectivity index (χ1n) is 13.0. The van der Waals surface area contributed by atoms with Crippen LogP contribution in [0.15, 0.2) is 77.7 Å². The van der Waals surface area contributed by atoms with Gasteiger partial charge in [0.25, 0.3) is 10.0 Å². The third-order valence-electron chi connectivity index (χ3n) is 6.45. The van der Waals surface area contributed by atoms with Gasteiger partial charge in [-0.05, 0) is 68.7 Å². The topological polar surface area (TPSA) is 86.8 Å². The van der Waals surface area contributed by atoms with Crippen LogP contribution in [0.5, 0.6) is 0 Å². The smallest absolute Gasteiger partial charge is 0.264 e. The molecule has 0 spiro atoms. The van der Waals surface area contributed by atoms with Gasteiger partial charge in [0.1, 0.15) is 12.6 Å². The van der Waals surface area contributed by atoms with Crippen LogP contribution in [0.4, 0.5) is 5.69 Å². The summed E-state index contributed by atoms with van der Waals surface area (Å²) in [5.74, 6) is -0.730. The third-order valence-corrected chi connectivity index (χ3v) is 8.94. The molecule has 0 bridgehead atoms. The first-order valence-corrected chi connectivity index (χ1v) is 15.2. The zero-order chi connectivity index (χ0) is 29.6. The summed E-state index contributed by atoms with van der Waals surface area (Å²) >= 11 is 12.8. The molecular weight excluding hydrogens is 569 g/mol. The summed E-state index contributed by atoms with van der Waals surface area (Å²) in [6.07, 6.45) is 0. The average molecular weight is 605 g/mol. The molecule has 0 aliphatic carbocycles. The standard InChI is InChI=1S/C30H35Cl2N3O4S/c1-20(2)23-14-16-24(17-15-23)35(40(38,39)25-10-7-6-8-11-25)19-29(36)34(22(5)30(37)33-21(3)4)18-26-27(31)12-9-13-28(26)32/h6-17,20-22H,18-19H2,1-5H3,(H,33,37)/t22-/m0/s1. The Balaban J connectivity index is 2.07. The van der Waals surface area contributed by atoms with Crippen molar-refractivity contribution in [3.05, 3.63) is 94.0 Å². The fourth-order valence-corrected chi connectivity index (χ4v) is 6.07. The van der Waals surface area contributed by atoms with Crippen molar-refractivity contribution in [1.29, 1.82) is 0 Å². The molecule has 40 heavy (non-hydrogen) atoms. The van der Waals surface area contributed by atoms with Gasteiger partial charge in [0, 0.05) is 28.2 Å². The first-order chi connectivity index (χ1) is 18.8. The minimum Gasteiger partial charge on any atom is -0.352 e. The van der Waals surface area contributed by atoms with Gasteiger partial charge in [0.05, 0.1) is 10.6 Å². The number of hydrogen-bond acceptors (Lipinski definition) is 4. The number of benzene rings is 3. The van der Waals surface area contributed by atoms with Crippen molar-refractivity contribution in [3.63, 3.8) is 0 Å². The second-order valence-electron chi connectivity index (χ2n) is 10.1. The number of halogens is 2. The molecule has 0 saturated carbocycles. The Bertz CT molecular complexity index is 1410.